The Morgan fingerprint density at radius 2 is 2.18 bits per heavy atom. The van der Waals surface area contributed by atoms with Crippen molar-refractivity contribution in [2.45, 2.75) is 19.4 Å². The second kappa shape index (κ2) is 8.54. The average Bonchev–Trinajstić information content (AvgIpc) is 3.57. The molecule has 5 rings (SSSR count). The van der Waals surface area contributed by atoms with E-state index in [4.69, 9.17) is 4.42 Å². The van der Waals surface area contributed by atoms with E-state index >= 15 is 0 Å². The first-order valence-corrected chi connectivity index (χ1v) is 10.6. The highest BCUT2D eigenvalue weighted by Gasteiger charge is 2.38. The molecule has 0 radical (unpaired) electrons. The van der Waals surface area contributed by atoms with Crippen LogP contribution in [0.5, 0.6) is 0 Å². The third-order valence-electron chi connectivity index (χ3n) is 5.53. The summed E-state index contributed by atoms with van der Waals surface area (Å²) in [4.78, 5) is 22.6. The molecule has 0 aromatic carbocycles. The van der Waals surface area contributed by atoms with Gasteiger partial charge in [-0.05, 0) is 25.1 Å². The number of fused-ring (bicyclic) bond motifs is 2. The number of aromatic nitrogens is 6. The van der Waals surface area contributed by atoms with Crippen molar-refractivity contribution in [2.24, 2.45) is 5.10 Å². The molecule has 4 aromatic rings. The average molecular weight is 463 g/mol. The maximum atomic E-state index is 14.3. The van der Waals surface area contributed by atoms with Gasteiger partial charge in [-0.3, -0.25) is 4.79 Å². The van der Waals surface area contributed by atoms with Crippen LogP contribution in [0.15, 0.2) is 46.3 Å². The highest BCUT2D eigenvalue weighted by Crippen LogP contribution is 2.34. The zero-order valence-electron chi connectivity index (χ0n) is 18.8. The van der Waals surface area contributed by atoms with E-state index in [2.05, 4.69) is 30.4 Å². The number of aromatic amines is 1. The fourth-order valence-electron chi connectivity index (χ4n) is 3.91. The van der Waals surface area contributed by atoms with Crippen molar-refractivity contribution in [2.75, 3.05) is 20.6 Å². The van der Waals surface area contributed by atoms with E-state index < -0.39 is 17.8 Å². The molecule has 4 aromatic heterocycles. The van der Waals surface area contributed by atoms with Gasteiger partial charge in [0.1, 0.15) is 17.4 Å². The van der Waals surface area contributed by atoms with E-state index in [1.165, 1.54) is 10.6 Å². The molecule has 0 aliphatic carbocycles. The first-order valence-electron chi connectivity index (χ1n) is 10.6. The molecule has 0 saturated heterocycles. The summed E-state index contributed by atoms with van der Waals surface area (Å²) in [5, 5.41) is 18.3. The number of halogens is 1. The Kier molecular flexibility index (Phi) is 5.40. The second-order valence-electron chi connectivity index (χ2n) is 7.92. The van der Waals surface area contributed by atoms with Crippen molar-refractivity contribution in [3.63, 3.8) is 0 Å². The third-order valence-corrected chi connectivity index (χ3v) is 5.53. The van der Waals surface area contributed by atoms with E-state index in [0.29, 0.717) is 35.4 Å². The van der Waals surface area contributed by atoms with Gasteiger partial charge in [-0.25, -0.2) is 13.9 Å². The number of hydrogen-bond donors (Lipinski definition) is 1. The Morgan fingerprint density at radius 3 is 2.94 bits per heavy atom. The maximum Gasteiger partial charge on any atom is 0.312 e. The van der Waals surface area contributed by atoms with Crippen molar-refractivity contribution in [1.29, 1.82) is 0 Å². The lowest BCUT2D eigenvalue weighted by Gasteiger charge is -2.32. The van der Waals surface area contributed by atoms with Gasteiger partial charge < -0.3 is 19.3 Å². The molecule has 1 amide bonds. The lowest BCUT2D eigenvalue weighted by Crippen LogP contribution is -2.41. The molecule has 0 spiro atoms. The van der Waals surface area contributed by atoms with E-state index in [0.717, 1.165) is 5.69 Å². The number of carbonyl (C=O) groups excluding carboxylic acids is 1. The minimum atomic E-state index is -0.645. The summed E-state index contributed by atoms with van der Waals surface area (Å²) >= 11 is 0. The molecule has 0 bridgehead atoms. The predicted octanol–water partition coefficient (Wildman–Crippen LogP) is 2.32. The zero-order valence-corrected chi connectivity index (χ0v) is 18.8. The van der Waals surface area contributed by atoms with Gasteiger partial charge in [0.25, 0.3) is 0 Å². The Balaban J connectivity index is 1.51. The quantitative estimate of drug-likeness (QED) is 0.356. The third kappa shape index (κ3) is 3.72. The minimum Gasteiger partial charge on any atom is -0.412 e. The van der Waals surface area contributed by atoms with Gasteiger partial charge in [0, 0.05) is 39.0 Å². The summed E-state index contributed by atoms with van der Waals surface area (Å²) in [5.41, 5.74) is 2.93. The Morgan fingerprint density at radius 1 is 1.35 bits per heavy atom. The van der Waals surface area contributed by atoms with Gasteiger partial charge in [-0.2, -0.15) is 10.2 Å². The van der Waals surface area contributed by atoms with Crippen molar-refractivity contribution in [3.8, 4) is 0 Å². The van der Waals surface area contributed by atoms with Crippen LogP contribution in [0, 0.1) is 5.82 Å². The summed E-state index contributed by atoms with van der Waals surface area (Å²) < 4.78 is 21.5. The van der Waals surface area contributed by atoms with Gasteiger partial charge in [0.15, 0.2) is 0 Å². The standard InChI is InChI=1S/C22H22FN9O2/c1-4-13(11-26-30(2)3)20-27-28-21(34-20)22(33)31-9-7-15-18(25-12-24-15)19(31)16-10-17-14(23)6-5-8-32(17)29-16/h4-6,8,10-12,19H,7,9H2,1-3H3,(H,24,25)/b13-4-,26-11-. The van der Waals surface area contributed by atoms with Crippen molar-refractivity contribution in [1.82, 2.24) is 39.7 Å². The topological polar surface area (TPSA) is 121 Å². The second-order valence-corrected chi connectivity index (χ2v) is 7.92. The normalized spacial score (nSPS) is 16.4. The molecule has 34 heavy (non-hydrogen) atoms. The maximum absolute atomic E-state index is 14.3. The molecule has 1 atom stereocenters. The van der Waals surface area contributed by atoms with E-state index in [1.807, 2.05) is 6.92 Å². The molecule has 1 N–H and O–H groups in total. The van der Waals surface area contributed by atoms with Crippen molar-refractivity contribution in [3.05, 3.63) is 71.5 Å². The number of H-pyrrole nitrogens is 1. The Bertz CT molecular complexity index is 1410. The molecule has 1 aliphatic rings. The number of allylic oxidation sites excluding steroid dienone is 2. The van der Waals surface area contributed by atoms with Crippen LogP contribution in [0.3, 0.4) is 0 Å². The Labute approximate surface area is 193 Å². The van der Waals surface area contributed by atoms with E-state index in [9.17, 15) is 9.18 Å². The van der Waals surface area contributed by atoms with Crippen LogP contribution in [0.25, 0.3) is 11.1 Å². The molecule has 1 aliphatic heterocycles. The monoisotopic (exact) mass is 463 g/mol. The summed E-state index contributed by atoms with van der Waals surface area (Å²) in [6.07, 6.45) is 7.14. The van der Waals surface area contributed by atoms with Gasteiger partial charge >= 0.3 is 11.8 Å². The van der Waals surface area contributed by atoms with Crippen LogP contribution in [0.2, 0.25) is 0 Å². The molecule has 0 saturated carbocycles. The number of pyridine rings is 1. The fraction of sp³-hybridized carbons (Fsp3) is 0.273. The van der Waals surface area contributed by atoms with Crippen LogP contribution in [-0.4, -0.2) is 72.5 Å². The molecule has 0 fully saturated rings. The molecular weight excluding hydrogens is 441 g/mol. The van der Waals surface area contributed by atoms with Crippen LogP contribution < -0.4 is 0 Å². The highest BCUT2D eigenvalue weighted by atomic mass is 19.1. The summed E-state index contributed by atoms with van der Waals surface area (Å²) in [7, 11) is 3.58. The zero-order chi connectivity index (χ0) is 23.8. The van der Waals surface area contributed by atoms with Gasteiger partial charge in [-0.1, -0.05) is 6.08 Å². The van der Waals surface area contributed by atoms with Crippen LogP contribution >= 0.6 is 0 Å². The first kappa shape index (κ1) is 21.5. The number of hydrazone groups is 1. The van der Waals surface area contributed by atoms with Crippen LogP contribution in [-0.2, 0) is 6.42 Å². The largest absolute Gasteiger partial charge is 0.412 e. The lowest BCUT2D eigenvalue weighted by molar-refractivity contribution is 0.0645. The number of rotatable bonds is 5. The molecule has 12 heteroatoms. The fourth-order valence-corrected chi connectivity index (χ4v) is 3.91. The number of hydrogen-bond acceptors (Lipinski definition) is 8. The van der Waals surface area contributed by atoms with E-state index in [1.54, 1.807) is 61.0 Å². The number of carbonyl (C=O) groups is 1. The van der Waals surface area contributed by atoms with Gasteiger partial charge in [0.05, 0.1) is 29.5 Å². The number of nitrogens with one attached hydrogen (secondary N) is 1. The SMILES string of the molecule is C/C=C(/C=N\N(C)C)c1nnc(C(=O)N2CCc3[nH]cnc3C2c2cc3c(F)cccn3n2)o1. The number of amides is 1. The molecule has 11 nitrogen and oxygen atoms in total. The summed E-state index contributed by atoms with van der Waals surface area (Å²) in [5.74, 6) is -0.848. The highest BCUT2D eigenvalue weighted by molar-refractivity contribution is 6.07. The number of nitrogens with zero attached hydrogens (tertiary/aromatic N) is 8. The van der Waals surface area contributed by atoms with Crippen LogP contribution in [0.4, 0.5) is 4.39 Å². The lowest BCUT2D eigenvalue weighted by atomic mass is 9.99. The molecular formula is C22H22FN9O2. The van der Waals surface area contributed by atoms with Crippen molar-refractivity contribution >= 4 is 23.2 Å². The predicted molar refractivity (Wildman–Crippen MR) is 120 cm³/mol. The molecule has 174 valence electrons. The van der Waals surface area contributed by atoms with E-state index in [-0.39, 0.29) is 11.8 Å². The molecule has 1 unspecified atom stereocenters. The van der Waals surface area contributed by atoms with Gasteiger partial charge in [-0.15, -0.1) is 10.2 Å². The van der Waals surface area contributed by atoms with Crippen LogP contribution in [0.1, 0.15) is 46.6 Å². The minimum absolute atomic E-state index is 0.161. The first-order chi connectivity index (χ1) is 16.5. The number of imidazole rings is 1. The Hall–Kier alpha value is -4.35. The summed E-state index contributed by atoms with van der Waals surface area (Å²) in [6.45, 7) is 2.18. The summed E-state index contributed by atoms with van der Waals surface area (Å²) in [6, 6.07) is 3.91. The van der Waals surface area contributed by atoms with Gasteiger partial charge in [0.2, 0.25) is 5.89 Å². The van der Waals surface area contributed by atoms with Crippen molar-refractivity contribution < 1.29 is 13.6 Å². The smallest absolute Gasteiger partial charge is 0.312 e. The molecule has 5 heterocycles.